The third-order valence-corrected chi connectivity index (χ3v) is 3.03. The van der Waals surface area contributed by atoms with Gasteiger partial charge in [-0.25, -0.2) is 0 Å². The van der Waals surface area contributed by atoms with Gasteiger partial charge in [0.1, 0.15) is 0 Å². The zero-order valence-corrected chi connectivity index (χ0v) is 14.2. The monoisotopic (exact) mass is 305 g/mol. The van der Waals surface area contributed by atoms with Crippen LogP contribution in [0.4, 0.5) is 5.69 Å². The Hall–Kier alpha value is -1.88. The molecule has 5 nitrogen and oxygen atoms in total. The van der Waals surface area contributed by atoms with Gasteiger partial charge in [-0.3, -0.25) is 9.59 Å². The fourth-order valence-corrected chi connectivity index (χ4v) is 1.89. The lowest BCUT2D eigenvalue weighted by Crippen LogP contribution is -2.36. The lowest BCUT2D eigenvalue weighted by molar-refractivity contribution is -0.128. The molecule has 5 heteroatoms. The van der Waals surface area contributed by atoms with Crippen molar-refractivity contribution in [2.24, 2.45) is 5.41 Å². The summed E-state index contributed by atoms with van der Waals surface area (Å²) >= 11 is 0. The van der Waals surface area contributed by atoms with Gasteiger partial charge >= 0.3 is 0 Å². The second-order valence-corrected chi connectivity index (χ2v) is 6.74. The van der Waals surface area contributed by atoms with Crippen LogP contribution in [-0.2, 0) is 16.1 Å². The first-order valence-electron chi connectivity index (χ1n) is 7.50. The molecular weight excluding hydrogens is 278 g/mol. The maximum Gasteiger partial charge on any atom is 0.226 e. The predicted octanol–water partition coefficient (Wildman–Crippen LogP) is 2.24. The summed E-state index contributed by atoms with van der Waals surface area (Å²) < 4.78 is 0. The van der Waals surface area contributed by atoms with Gasteiger partial charge in [-0.15, -0.1) is 0 Å². The van der Waals surface area contributed by atoms with Crippen LogP contribution < -0.4 is 10.6 Å². The topological polar surface area (TPSA) is 61.4 Å². The zero-order valence-electron chi connectivity index (χ0n) is 14.2. The standard InChI is InChI=1S/C17H27N3O2/c1-17(2,3)16(22)18-10-9-15(21)19-14-8-6-7-13(11-14)12-20(4)5/h6-8,11H,9-10,12H2,1-5H3,(H,18,22)(H,19,21). The van der Waals surface area contributed by atoms with E-state index in [1.54, 1.807) is 0 Å². The van der Waals surface area contributed by atoms with Crippen molar-refractivity contribution in [3.8, 4) is 0 Å². The summed E-state index contributed by atoms with van der Waals surface area (Å²) in [5, 5.41) is 5.63. The van der Waals surface area contributed by atoms with Crippen LogP contribution in [0.2, 0.25) is 0 Å². The lowest BCUT2D eigenvalue weighted by Gasteiger charge is -2.17. The SMILES string of the molecule is CN(C)Cc1cccc(NC(=O)CCNC(=O)C(C)(C)C)c1. The summed E-state index contributed by atoms with van der Waals surface area (Å²) in [5.41, 5.74) is 1.49. The summed E-state index contributed by atoms with van der Waals surface area (Å²) in [7, 11) is 4.01. The van der Waals surface area contributed by atoms with Crippen molar-refractivity contribution in [1.29, 1.82) is 0 Å². The molecule has 0 aliphatic heterocycles. The number of hydrogen-bond acceptors (Lipinski definition) is 3. The largest absolute Gasteiger partial charge is 0.355 e. The number of anilines is 1. The van der Waals surface area contributed by atoms with E-state index in [1.807, 2.05) is 59.1 Å². The van der Waals surface area contributed by atoms with E-state index in [4.69, 9.17) is 0 Å². The number of nitrogens with zero attached hydrogens (tertiary/aromatic N) is 1. The lowest BCUT2D eigenvalue weighted by atomic mass is 9.96. The van der Waals surface area contributed by atoms with Gasteiger partial charge in [0.05, 0.1) is 0 Å². The molecule has 0 heterocycles. The molecule has 0 fully saturated rings. The number of benzene rings is 1. The Bertz CT molecular complexity index is 519. The van der Waals surface area contributed by atoms with Crippen LogP contribution in [0.15, 0.2) is 24.3 Å². The van der Waals surface area contributed by atoms with Crippen molar-refractivity contribution in [3.63, 3.8) is 0 Å². The Morgan fingerprint density at radius 3 is 2.45 bits per heavy atom. The Kier molecular flexibility index (Phi) is 6.56. The molecule has 0 atom stereocenters. The zero-order chi connectivity index (χ0) is 16.8. The van der Waals surface area contributed by atoms with Crippen LogP contribution in [-0.4, -0.2) is 37.4 Å². The third kappa shape index (κ3) is 6.72. The first kappa shape index (κ1) is 18.2. The summed E-state index contributed by atoms with van der Waals surface area (Å²) in [4.78, 5) is 25.7. The van der Waals surface area contributed by atoms with E-state index in [2.05, 4.69) is 15.5 Å². The second kappa shape index (κ2) is 7.94. The Morgan fingerprint density at radius 1 is 1.18 bits per heavy atom. The number of hydrogen-bond donors (Lipinski definition) is 2. The highest BCUT2D eigenvalue weighted by atomic mass is 16.2. The number of carbonyl (C=O) groups is 2. The quantitative estimate of drug-likeness (QED) is 0.847. The molecule has 0 unspecified atom stereocenters. The van der Waals surface area contributed by atoms with Gasteiger partial charge in [0.15, 0.2) is 0 Å². The summed E-state index contributed by atoms with van der Waals surface area (Å²) in [6, 6.07) is 7.78. The van der Waals surface area contributed by atoms with E-state index in [0.29, 0.717) is 6.54 Å². The van der Waals surface area contributed by atoms with Crippen molar-refractivity contribution in [2.75, 3.05) is 26.0 Å². The highest BCUT2D eigenvalue weighted by Crippen LogP contribution is 2.13. The maximum absolute atomic E-state index is 11.9. The Labute approximate surface area is 133 Å². The van der Waals surface area contributed by atoms with Crippen molar-refractivity contribution in [2.45, 2.75) is 33.7 Å². The average molecular weight is 305 g/mol. The van der Waals surface area contributed by atoms with Gasteiger partial charge in [0.2, 0.25) is 11.8 Å². The fourth-order valence-electron chi connectivity index (χ4n) is 1.89. The minimum absolute atomic E-state index is 0.0479. The van der Waals surface area contributed by atoms with E-state index in [1.165, 1.54) is 0 Å². The van der Waals surface area contributed by atoms with Crippen molar-refractivity contribution in [3.05, 3.63) is 29.8 Å². The van der Waals surface area contributed by atoms with Gasteiger partial charge < -0.3 is 15.5 Å². The molecule has 0 aliphatic carbocycles. The number of amides is 2. The second-order valence-electron chi connectivity index (χ2n) is 6.74. The molecule has 122 valence electrons. The van der Waals surface area contributed by atoms with Crippen LogP contribution in [0, 0.1) is 5.41 Å². The third-order valence-electron chi connectivity index (χ3n) is 3.03. The van der Waals surface area contributed by atoms with E-state index < -0.39 is 5.41 Å². The van der Waals surface area contributed by atoms with Gasteiger partial charge in [0, 0.05) is 30.6 Å². The summed E-state index contributed by atoms with van der Waals surface area (Å²) in [6.45, 7) is 6.71. The summed E-state index contributed by atoms with van der Waals surface area (Å²) in [6.07, 6.45) is 0.264. The van der Waals surface area contributed by atoms with Crippen molar-refractivity contribution >= 4 is 17.5 Å². The molecular formula is C17H27N3O2. The van der Waals surface area contributed by atoms with Gasteiger partial charge in [-0.1, -0.05) is 32.9 Å². The van der Waals surface area contributed by atoms with Gasteiger partial charge in [0.25, 0.3) is 0 Å². The number of rotatable bonds is 6. The molecule has 1 aromatic rings. The highest BCUT2D eigenvalue weighted by Gasteiger charge is 2.20. The molecule has 1 rings (SSSR count). The fraction of sp³-hybridized carbons (Fsp3) is 0.529. The van der Waals surface area contributed by atoms with E-state index in [9.17, 15) is 9.59 Å². The highest BCUT2D eigenvalue weighted by molar-refractivity contribution is 5.91. The molecule has 22 heavy (non-hydrogen) atoms. The van der Waals surface area contributed by atoms with Crippen LogP contribution in [0.25, 0.3) is 0 Å². The van der Waals surface area contributed by atoms with E-state index >= 15 is 0 Å². The molecule has 1 aromatic carbocycles. The number of nitrogens with one attached hydrogen (secondary N) is 2. The minimum Gasteiger partial charge on any atom is -0.355 e. The molecule has 2 N–H and O–H groups in total. The molecule has 2 amide bonds. The molecule has 0 radical (unpaired) electrons. The number of carbonyl (C=O) groups excluding carboxylic acids is 2. The molecule has 0 saturated carbocycles. The van der Waals surface area contributed by atoms with Crippen molar-refractivity contribution < 1.29 is 9.59 Å². The average Bonchev–Trinajstić information content (AvgIpc) is 2.36. The first-order chi connectivity index (χ1) is 10.2. The van der Waals surface area contributed by atoms with Crippen LogP contribution in [0.3, 0.4) is 0 Å². The van der Waals surface area contributed by atoms with Gasteiger partial charge in [-0.05, 0) is 31.8 Å². The van der Waals surface area contributed by atoms with Crippen LogP contribution >= 0.6 is 0 Å². The van der Waals surface area contributed by atoms with E-state index in [0.717, 1.165) is 17.8 Å². The minimum atomic E-state index is -0.434. The predicted molar refractivity (Wildman–Crippen MR) is 89.5 cm³/mol. The normalized spacial score (nSPS) is 11.4. The van der Waals surface area contributed by atoms with Gasteiger partial charge in [-0.2, -0.15) is 0 Å². The Balaban J connectivity index is 2.44. The van der Waals surface area contributed by atoms with Crippen LogP contribution in [0.1, 0.15) is 32.8 Å². The molecule has 0 bridgehead atoms. The van der Waals surface area contributed by atoms with Crippen molar-refractivity contribution in [1.82, 2.24) is 10.2 Å². The maximum atomic E-state index is 11.9. The first-order valence-corrected chi connectivity index (χ1v) is 7.50. The molecule has 0 aliphatic rings. The summed E-state index contributed by atoms with van der Waals surface area (Å²) in [5.74, 6) is -0.149. The smallest absolute Gasteiger partial charge is 0.226 e. The molecule has 0 aromatic heterocycles. The van der Waals surface area contributed by atoms with Crippen LogP contribution in [0.5, 0.6) is 0 Å². The molecule has 0 saturated heterocycles. The van der Waals surface area contributed by atoms with E-state index in [-0.39, 0.29) is 18.2 Å². The Morgan fingerprint density at radius 2 is 1.86 bits per heavy atom. The molecule has 0 spiro atoms.